The van der Waals surface area contributed by atoms with Gasteiger partial charge in [0.2, 0.25) is 11.8 Å². The van der Waals surface area contributed by atoms with Crippen LogP contribution in [0.2, 0.25) is 10.0 Å². The quantitative estimate of drug-likeness (QED) is 0.548. The van der Waals surface area contributed by atoms with Crippen LogP contribution >= 0.6 is 23.2 Å². The second-order valence-corrected chi connectivity index (χ2v) is 9.12. The summed E-state index contributed by atoms with van der Waals surface area (Å²) >= 11 is 12.8. The number of carbonyl (C=O) groups excluding carboxylic acids is 2. The second kappa shape index (κ2) is 11.0. The van der Waals surface area contributed by atoms with E-state index in [1.54, 1.807) is 23.1 Å². The number of aryl methyl sites for hydroxylation is 1. The average molecular weight is 461 g/mol. The highest BCUT2D eigenvalue weighted by Gasteiger charge is 2.31. The van der Waals surface area contributed by atoms with Crippen LogP contribution in [-0.4, -0.2) is 28.8 Å². The summed E-state index contributed by atoms with van der Waals surface area (Å²) in [5, 5.41) is 4.14. The van der Waals surface area contributed by atoms with Gasteiger partial charge in [-0.25, -0.2) is 0 Å². The lowest BCUT2D eigenvalue weighted by Crippen LogP contribution is -2.51. The molecule has 0 aliphatic heterocycles. The minimum absolute atomic E-state index is 0.102. The van der Waals surface area contributed by atoms with Crippen LogP contribution < -0.4 is 5.32 Å². The maximum Gasteiger partial charge on any atom is 0.243 e. The first-order chi connectivity index (χ1) is 14.9. The van der Waals surface area contributed by atoms with E-state index < -0.39 is 6.04 Å². The molecule has 0 heterocycles. The third kappa shape index (κ3) is 6.24. The van der Waals surface area contributed by atoms with Crippen molar-refractivity contribution in [3.63, 3.8) is 0 Å². The van der Waals surface area contributed by atoms with Crippen LogP contribution in [0.4, 0.5) is 0 Å². The van der Waals surface area contributed by atoms with Crippen LogP contribution in [0.5, 0.6) is 0 Å². The second-order valence-electron chi connectivity index (χ2n) is 8.30. The summed E-state index contributed by atoms with van der Waals surface area (Å²) in [6.45, 7) is 4.12. The van der Waals surface area contributed by atoms with Gasteiger partial charge in [-0.2, -0.15) is 0 Å². The molecule has 2 aromatic rings. The molecule has 0 aromatic heterocycles. The number of halogens is 2. The largest absolute Gasteiger partial charge is 0.352 e. The highest BCUT2D eigenvalue weighted by atomic mass is 35.5. The number of rotatable bonds is 8. The Morgan fingerprint density at radius 2 is 1.74 bits per heavy atom. The maximum absolute atomic E-state index is 13.5. The lowest BCUT2D eigenvalue weighted by atomic mass is 10.0. The summed E-state index contributed by atoms with van der Waals surface area (Å²) in [6, 6.07) is 12.8. The monoisotopic (exact) mass is 460 g/mol. The molecule has 3 rings (SSSR count). The Balaban J connectivity index is 1.87. The summed E-state index contributed by atoms with van der Waals surface area (Å²) in [6.07, 6.45) is 4.99. The summed E-state index contributed by atoms with van der Waals surface area (Å²) in [5.41, 5.74) is 2.68. The molecule has 1 fully saturated rings. The Morgan fingerprint density at radius 3 is 2.35 bits per heavy atom. The predicted octanol–water partition coefficient (Wildman–Crippen LogP) is 5.71. The fourth-order valence-corrected chi connectivity index (χ4v) is 4.76. The highest BCUT2D eigenvalue weighted by Crippen LogP contribution is 2.27. The molecule has 1 aliphatic carbocycles. The third-order valence-corrected chi connectivity index (χ3v) is 6.62. The molecule has 0 unspecified atom stereocenters. The Labute approximate surface area is 194 Å². The molecule has 1 N–H and O–H groups in total. The number of benzene rings is 2. The Kier molecular flexibility index (Phi) is 8.39. The van der Waals surface area contributed by atoms with Gasteiger partial charge in [0.1, 0.15) is 6.04 Å². The van der Waals surface area contributed by atoms with E-state index in [1.807, 2.05) is 38.1 Å². The van der Waals surface area contributed by atoms with E-state index in [0.717, 1.165) is 36.8 Å². The number of amides is 2. The smallest absolute Gasteiger partial charge is 0.243 e. The zero-order chi connectivity index (χ0) is 22.4. The van der Waals surface area contributed by atoms with E-state index in [4.69, 9.17) is 23.2 Å². The standard InChI is InChI=1S/C25H30Cl2N2O2/c1-3-23(25(31)28-19-10-4-5-11-19)29(16-20-21(26)12-7-13-22(20)27)24(30)15-18-9-6-8-17(2)14-18/h6-9,12-14,19,23H,3-5,10-11,15-16H2,1-2H3,(H,28,31)/t23-/m1/s1. The van der Waals surface area contributed by atoms with Gasteiger partial charge in [-0.15, -0.1) is 0 Å². The van der Waals surface area contributed by atoms with Crippen molar-refractivity contribution >= 4 is 35.0 Å². The molecule has 1 saturated carbocycles. The van der Waals surface area contributed by atoms with Crippen molar-refractivity contribution in [2.24, 2.45) is 0 Å². The Morgan fingerprint density at radius 1 is 1.10 bits per heavy atom. The molecule has 4 nitrogen and oxygen atoms in total. The number of carbonyl (C=O) groups is 2. The van der Waals surface area contributed by atoms with Crippen molar-refractivity contribution in [3.8, 4) is 0 Å². The molecule has 2 amide bonds. The molecule has 1 atom stereocenters. The molecule has 166 valence electrons. The molecular formula is C25H30Cl2N2O2. The van der Waals surface area contributed by atoms with E-state index >= 15 is 0 Å². The predicted molar refractivity (Wildman–Crippen MR) is 126 cm³/mol. The minimum Gasteiger partial charge on any atom is -0.352 e. The fraction of sp³-hybridized carbons (Fsp3) is 0.440. The summed E-state index contributed by atoms with van der Waals surface area (Å²) < 4.78 is 0. The first-order valence-electron chi connectivity index (χ1n) is 11.0. The van der Waals surface area contributed by atoms with Gasteiger partial charge in [0, 0.05) is 28.2 Å². The van der Waals surface area contributed by atoms with Crippen molar-refractivity contribution in [1.82, 2.24) is 10.2 Å². The molecule has 0 bridgehead atoms. The molecule has 1 aliphatic rings. The van der Waals surface area contributed by atoms with Crippen molar-refractivity contribution in [1.29, 1.82) is 0 Å². The highest BCUT2D eigenvalue weighted by molar-refractivity contribution is 6.36. The minimum atomic E-state index is -0.578. The summed E-state index contributed by atoms with van der Waals surface area (Å²) in [4.78, 5) is 28.3. The molecule has 0 spiro atoms. The van der Waals surface area contributed by atoms with Gasteiger partial charge in [0.25, 0.3) is 0 Å². The van der Waals surface area contributed by atoms with Crippen molar-refractivity contribution in [2.45, 2.75) is 71.0 Å². The van der Waals surface area contributed by atoms with Crippen LogP contribution in [0.1, 0.15) is 55.7 Å². The van der Waals surface area contributed by atoms with E-state index in [1.165, 1.54) is 0 Å². The zero-order valence-corrected chi connectivity index (χ0v) is 19.7. The number of nitrogens with zero attached hydrogens (tertiary/aromatic N) is 1. The summed E-state index contributed by atoms with van der Waals surface area (Å²) in [5.74, 6) is -0.217. The van der Waals surface area contributed by atoms with E-state index in [0.29, 0.717) is 22.0 Å². The van der Waals surface area contributed by atoms with Gasteiger partial charge in [-0.3, -0.25) is 9.59 Å². The molecule has 0 radical (unpaired) electrons. The van der Waals surface area contributed by atoms with Crippen LogP contribution in [0, 0.1) is 6.92 Å². The first-order valence-corrected chi connectivity index (χ1v) is 11.7. The van der Waals surface area contributed by atoms with E-state index in [9.17, 15) is 9.59 Å². The van der Waals surface area contributed by atoms with Crippen LogP contribution in [-0.2, 0) is 22.6 Å². The Hall–Kier alpha value is -2.04. The van der Waals surface area contributed by atoms with Crippen molar-refractivity contribution < 1.29 is 9.59 Å². The Bertz CT molecular complexity index is 905. The van der Waals surface area contributed by atoms with E-state index in [-0.39, 0.29) is 30.8 Å². The van der Waals surface area contributed by atoms with Crippen LogP contribution in [0.3, 0.4) is 0 Å². The fourth-order valence-electron chi connectivity index (χ4n) is 4.24. The van der Waals surface area contributed by atoms with E-state index in [2.05, 4.69) is 5.32 Å². The van der Waals surface area contributed by atoms with Gasteiger partial charge in [0.15, 0.2) is 0 Å². The molecule has 0 saturated heterocycles. The van der Waals surface area contributed by atoms with Crippen LogP contribution in [0.15, 0.2) is 42.5 Å². The van der Waals surface area contributed by atoms with Crippen LogP contribution in [0.25, 0.3) is 0 Å². The first kappa shape index (κ1) is 23.6. The topological polar surface area (TPSA) is 49.4 Å². The van der Waals surface area contributed by atoms with Gasteiger partial charge >= 0.3 is 0 Å². The van der Waals surface area contributed by atoms with Crippen molar-refractivity contribution in [3.05, 3.63) is 69.2 Å². The third-order valence-electron chi connectivity index (χ3n) is 5.92. The normalized spacial score (nSPS) is 15.0. The maximum atomic E-state index is 13.5. The van der Waals surface area contributed by atoms with Gasteiger partial charge < -0.3 is 10.2 Å². The lowest BCUT2D eigenvalue weighted by Gasteiger charge is -2.32. The molecule has 6 heteroatoms. The SMILES string of the molecule is CC[C@H](C(=O)NC1CCCC1)N(Cc1c(Cl)cccc1Cl)C(=O)Cc1cccc(C)c1. The van der Waals surface area contributed by atoms with Gasteiger partial charge in [-0.1, -0.05) is 78.9 Å². The van der Waals surface area contributed by atoms with Gasteiger partial charge in [-0.05, 0) is 43.9 Å². The van der Waals surface area contributed by atoms with Gasteiger partial charge in [0.05, 0.1) is 6.42 Å². The summed E-state index contributed by atoms with van der Waals surface area (Å²) in [7, 11) is 0. The average Bonchev–Trinajstić information content (AvgIpc) is 3.23. The molecule has 31 heavy (non-hydrogen) atoms. The van der Waals surface area contributed by atoms with Crippen molar-refractivity contribution in [2.75, 3.05) is 0 Å². The number of hydrogen-bond donors (Lipinski definition) is 1. The number of hydrogen-bond acceptors (Lipinski definition) is 2. The molecular weight excluding hydrogens is 431 g/mol. The lowest BCUT2D eigenvalue weighted by molar-refractivity contribution is -0.141. The number of nitrogens with one attached hydrogen (secondary N) is 1. The molecule has 2 aromatic carbocycles. The zero-order valence-electron chi connectivity index (χ0n) is 18.2.